The molecule has 1 fully saturated rings. The third-order valence-corrected chi connectivity index (χ3v) is 5.31. The van der Waals surface area contributed by atoms with Crippen molar-refractivity contribution in [1.82, 2.24) is 29.2 Å². The molecule has 2 aromatic heterocycles. The minimum absolute atomic E-state index is 0.0451. The van der Waals surface area contributed by atoms with Gasteiger partial charge < -0.3 is 9.64 Å². The number of nitrogens with zero attached hydrogens (tertiary/aromatic N) is 6. The van der Waals surface area contributed by atoms with Crippen molar-refractivity contribution in [3.05, 3.63) is 20.8 Å². The summed E-state index contributed by atoms with van der Waals surface area (Å²) in [6.07, 6.45) is 4.77. The molecule has 0 aliphatic heterocycles. The summed E-state index contributed by atoms with van der Waals surface area (Å²) in [5.41, 5.74) is -0.432. The molecule has 0 N–H and O–H groups in total. The van der Waals surface area contributed by atoms with Crippen LogP contribution in [0.15, 0.2) is 9.59 Å². The third kappa shape index (κ3) is 4.02. The fourth-order valence-corrected chi connectivity index (χ4v) is 3.65. The minimum Gasteiger partial charge on any atom is -0.462 e. The van der Waals surface area contributed by atoms with Gasteiger partial charge in [-0.25, -0.2) is 4.79 Å². The van der Waals surface area contributed by atoms with Gasteiger partial charge in [0.1, 0.15) is 0 Å². The SMILES string of the molecule is CCN(CC)CCCOc1nnc2c(n1)c(=O)n(C)c(=O)n2C1CCCC1. The van der Waals surface area contributed by atoms with Gasteiger partial charge in [-0.1, -0.05) is 31.8 Å². The second-order valence-electron chi connectivity index (χ2n) is 6.95. The number of hydrogen-bond donors (Lipinski definition) is 0. The van der Waals surface area contributed by atoms with Crippen LogP contribution >= 0.6 is 0 Å². The van der Waals surface area contributed by atoms with Crippen LogP contribution in [0.2, 0.25) is 0 Å². The Morgan fingerprint density at radius 2 is 1.85 bits per heavy atom. The number of hydrogen-bond acceptors (Lipinski definition) is 7. The van der Waals surface area contributed by atoms with Crippen molar-refractivity contribution < 1.29 is 4.74 Å². The van der Waals surface area contributed by atoms with E-state index >= 15 is 0 Å². The maximum absolute atomic E-state index is 12.6. The van der Waals surface area contributed by atoms with Gasteiger partial charge in [0.15, 0.2) is 11.2 Å². The van der Waals surface area contributed by atoms with Crippen LogP contribution < -0.4 is 16.0 Å². The van der Waals surface area contributed by atoms with Crippen molar-refractivity contribution in [3.63, 3.8) is 0 Å². The molecule has 9 nitrogen and oxygen atoms in total. The molecule has 1 aliphatic carbocycles. The van der Waals surface area contributed by atoms with Gasteiger partial charge in [-0.15, -0.1) is 5.10 Å². The molecule has 0 aromatic carbocycles. The Balaban J connectivity index is 1.84. The standard InChI is InChI=1S/C18H28N6O3/c1-4-23(5-2)11-8-12-27-17-19-14-15(20-21-17)24(13-9-6-7-10-13)18(26)22(3)16(14)25/h13H,4-12H2,1-3H3. The molecule has 27 heavy (non-hydrogen) atoms. The van der Waals surface area contributed by atoms with E-state index in [-0.39, 0.29) is 28.9 Å². The van der Waals surface area contributed by atoms with E-state index < -0.39 is 5.56 Å². The first-order valence-corrected chi connectivity index (χ1v) is 9.77. The fourth-order valence-electron chi connectivity index (χ4n) is 3.65. The molecule has 1 saturated carbocycles. The van der Waals surface area contributed by atoms with Gasteiger partial charge in [0.05, 0.1) is 6.61 Å². The average Bonchev–Trinajstić information content (AvgIpc) is 3.21. The van der Waals surface area contributed by atoms with E-state index in [9.17, 15) is 9.59 Å². The van der Waals surface area contributed by atoms with Crippen LogP contribution in [-0.2, 0) is 7.05 Å². The summed E-state index contributed by atoms with van der Waals surface area (Å²) in [6, 6.07) is 0.125. The summed E-state index contributed by atoms with van der Waals surface area (Å²) < 4.78 is 8.27. The first-order valence-electron chi connectivity index (χ1n) is 9.77. The van der Waals surface area contributed by atoms with E-state index in [0.717, 1.165) is 56.3 Å². The average molecular weight is 376 g/mol. The number of aromatic nitrogens is 5. The zero-order valence-corrected chi connectivity index (χ0v) is 16.3. The van der Waals surface area contributed by atoms with E-state index in [0.29, 0.717) is 6.61 Å². The van der Waals surface area contributed by atoms with E-state index in [4.69, 9.17) is 4.74 Å². The molecular formula is C18H28N6O3. The van der Waals surface area contributed by atoms with Crippen LogP contribution in [0, 0.1) is 0 Å². The summed E-state index contributed by atoms with van der Waals surface area (Å²) in [7, 11) is 1.47. The van der Waals surface area contributed by atoms with Gasteiger partial charge >= 0.3 is 11.7 Å². The van der Waals surface area contributed by atoms with Crippen molar-refractivity contribution in [2.45, 2.75) is 52.0 Å². The summed E-state index contributed by atoms with van der Waals surface area (Å²) in [5.74, 6) is 0. The fraction of sp³-hybridized carbons (Fsp3) is 0.722. The molecule has 0 radical (unpaired) electrons. The lowest BCUT2D eigenvalue weighted by Gasteiger charge is -2.17. The van der Waals surface area contributed by atoms with Crippen molar-refractivity contribution in [2.24, 2.45) is 7.05 Å². The number of rotatable bonds is 8. The third-order valence-electron chi connectivity index (χ3n) is 5.31. The zero-order chi connectivity index (χ0) is 19.4. The van der Waals surface area contributed by atoms with E-state index in [1.165, 1.54) is 7.05 Å². The molecule has 0 amide bonds. The molecule has 9 heteroatoms. The van der Waals surface area contributed by atoms with Crippen molar-refractivity contribution >= 4 is 11.2 Å². The van der Waals surface area contributed by atoms with Crippen LogP contribution in [0.5, 0.6) is 6.01 Å². The first-order chi connectivity index (χ1) is 13.1. The maximum atomic E-state index is 12.6. The zero-order valence-electron chi connectivity index (χ0n) is 16.3. The monoisotopic (exact) mass is 376 g/mol. The Morgan fingerprint density at radius 1 is 1.15 bits per heavy atom. The van der Waals surface area contributed by atoms with Crippen molar-refractivity contribution in [2.75, 3.05) is 26.2 Å². The second kappa shape index (κ2) is 8.60. The lowest BCUT2D eigenvalue weighted by atomic mass is 10.2. The Kier molecular flexibility index (Phi) is 6.20. The molecule has 2 heterocycles. The molecule has 0 atom stereocenters. The molecule has 0 saturated heterocycles. The highest BCUT2D eigenvalue weighted by molar-refractivity contribution is 5.68. The second-order valence-corrected chi connectivity index (χ2v) is 6.95. The molecule has 0 unspecified atom stereocenters. The minimum atomic E-state index is -0.466. The molecular weight excluding hydrogens is 348 g/mol. The predicted molar refractivity (Wildman–Crippen MR) is 102 cm³/mol. The highest BCUT2D eigenvalue weighted by atomic mass is 16.5. The highest BCUT2D eigenvalue weighted by Gasteiger charge is 2.24. The number of ether oxygens (including phenoxy) is 1. The largest absolute Gasteiger partial charge is 0.462 e. The molecule has 2 aromatic rings. The van der Waals surface area contributed by atoms with Gasteiger partial charge in [-0.2, -0.15) is 4.98 Å². The molecule has 148 valence electrons. The Labute approximate surface area is 158 Å². The van der Waals surface area contributed by atoms with Crippen LogP contribution in [0.25, 0.3) is 11.2 Å². The summed E-state index contributed by atoms with van der Waals surface area (Å²) >= 11 is 0. The van der Waals surface area contributed by atoms with E-state index in [2.05, 4.69) is 33.9 Å². The molecule has 0 spiro atoms. The van der Waals surface area contributed by atoms with Gasteiger partial charge in [0.25, 0.3) is 5.56 Å². The summed E-state index contributed by atoms with van der Waals surface area (Å²) in [5, 5.41) is 8.14. The molecule has 1 aliphatic rings. The van der Waals surface area contributed by atoms with Gasteiger partial charge in [0.2, 0.25) is 0 Å². The van der Waals surface area contributed by atoms with E-state index in [1.807, 2.05) is 0 Å². The lowest BCUT2D eigenvalue weighted by molar-refractivity contribution is 0.237. The first kappa shape index (κ1) is 19.5. The topological polar surface area (TPSA) is 95.1 Å². The molecule has 0 bridgehead atoms. The Bertz CT molecular complexity index is 896. The summed E-state index contributed by atoms with van der Waals surface area (Å²) in [4.78, 5) is 31.7. The maximum Gasteiger partial charge on any atom is 0.336 e. The Morgan fingerprint density at radius 3 is 2.52 bits per heavy atom. The highest BCUT2D eigenvalue weighted by Crippen LogP contribution is 2.29. The van der Waals surface area contributed by atoms with Crippen molar-refractivity contribution in [3.8, 4) is 6.01 Å². The van der Waals surface area contributed by atoms with Crippen molar-refractivity contribution in [1.29, 1.82) is 0 Å². The Hall–Kier alpha value is -2.29. The lowest BCUT2D eigenvalue weighted by Crippen LogP contribution is -2.40. The number of fused-ring (bicyclic) bond motifs is 1. The normalized spacial score (nSPS) is 15.1. The molecule has 3 rings (SSSR count). The van der Waals surface area contributed by atoms with Crippen LogP contribution in [0.3, 0.4) is 0 Å². The van der Waals surface area contributed by atoms with Gasteiger partial charge in [-0.3, -0.25) is 13.9 Å². The van der Waals surface area contributed by atoms with Crippen LogP contribution in [0.4, 0.5) is 0 Å². The van der Waals surface area contributed by atoms with Crippen LogP contribution in [0.1, 0.15) is 52.0 Å². The smallest absolute Gasteiger partial charge is 0.336 e. The van der Waals surface area contributed by atoms with E-state index in [1.54, 1.807) is 4.57 Å². The predicted octanol–water partition coefficient (Wildman–Crippen LogP) is 1.11. The summed E-state index contributed by atoms with van der Waals surface area (Å²) in [6.45, 7) is 7.63. The quantitative estimate of drug-likeness (QED) is 0.637. The van der Waals surface area contributed by atoms with Gasteiger partial charge in [0, 0.05) is 19.6 Å². The van der Waals surface area contributed by atoms with Crippen LogP contribution in [-0.4, -0.2) is 55.5 Å². The van der Waals surface area contributed by atoms with Gasteiger partial charge in [-0.05, 0) is 32.4 Å².